The lowest BCUT2D eigenvalue weighted by molar-refractivity contribution is 0.313. The van der Waals surface area contributed by atoms with Gasteiger partial charge >= 0.3 is 0 Å². The van der Waals surface area contributed by atoms with Gasteiger partial charge in [-0.2, -0.15) is 5.10 Å². The molecule has 0 saturated carbocycles. The highest BCUT2D eigenvalue weighted by Gasteiger charge is 2.16. The summed E-state index contributed by atoms with van der Waals surface area (Å²) in [7, 11) is 2.16. The molecular weight excluding hydrogens is 362 g/mol. The Bertz CT molecular complexity index is 1140. The van der Waals surface area contributed by atoms with Crippen LogP contribution in [0.4, 0.5) is 11.5 Å². The van der Waals surface area contributed by atoms with Crippen molar-refractivity contribution in [2.75, 3.05) is 43.9 Å². The van der Waals surface area contributed by atoms with Gasteiger partial charge < -0.3 is 15.5 Å². The quantitative estimate of drug-likeness (QED) is 0.564. The van der Waals surface area contributed by atoms with Crippen LogP contribution in [0.3, 0.4) is 0 Å². The van der Waals surface area contributed by atoms with Crippen molar-refractivity contribution in [1.82, 2.24) is 25.1 Å². The summed E-state index contributed by atoms with van der Waals surface area (Å²) in [6, 6.07) is 14.3. The molecule has 0 atom stereocenters. The lowest BCUT2D eigenvalue weighted by Crippen LogP contribution is -2.44. The first-order chi connectivity index (χ1) is 14.2. The first-order valence-corrected chi connectivity index (χ1v) is 9.77. The number of rotatable bonds is 3. The van der Waals surface area contributed by atoms with Crippen molar-refractivity contribution in [2.45, 2.75) is 0 Å². The van der Waals surface area contributed by atoms with E-state index in [-0.39, 0.29) is 0 Å². The Hall–Kier alpha value is -3.45. The predicted octanol–water partition coefficient (Wildman–Crippen LogP) is 3.02. The maximum atomic E-state index is 5.82. The summed E-state index contributed by atoms with van der Waals surface area (Å²) in [5.41, 5.74) is 11.8. The first kappa shape index (κ1) is 17.6. The largest absolute Gasteiger partial charge is 0.384 e. The van der Waals surface area contributed by atoms with Crippen LogP contribution in [0, 0.1) is 0 Å². The maximum absolute atomic E-state index is 5.82. The van der Waals surface area contributed by atoms with Crippen molar-refractivity contribution in [3.05, 3.63) is 54.9 Å². The zero-order chi connectivity index (χ0) is 19.8. The number of pyridine rings is 2. The molecule has 0 bridgehead atoms. The third-order valence-electron chi connectivity index (χ3n) is 5.54. The van der Waals surface area contributed by atoms with Crippen LogP contribution < -0.4 is 10.6 Å². The number of aromatic amines is 1. The predicted molar refractivity (Wildman–Crippen MR) is 117 cm³/mol. The van der Waals surface area contributed by atoms with Crippen LogP contribution in [0.5, 0.6) is 0 Å². The smallest absolute Gasteiger partial charge is 0.123 e. The lowest BCUT2D eigenvalue weighted by atomic mass is 10.0. The molecule has 0 spiro atoms. The van der Waals surface area contributed by atoms with Gasteiger partial charge in [-0.25, -0.2) is 4.98 Å². The van der Waals surface area contributed by atoms with Crippen molar-refractivity contribution in [3.63, 3.8) is 0 Å². The molecule has 0 unspecified atom stereocenters. The fourth-order valence-electron chi connectivity index (χ4n) is 3.80. The monoisotopic (exact) mass is 385 g/mol. The second kappa shape index (κ2) is 7.18. The molecule has 4 heterocycles. The zero-order valence-corrected chi connectivity index (χ0v) is 16.3. The Morgan fingerprint density at radius 3 is 2.52 bits per heavy atom. The molecule has 146 valence electrons. The Morgan fingerprint density at radius 1 is 0.931 bits per heavy atom. The van der Waals surface area contributed by atoms with Crippen molar-refractivity contribution in [3.8, 4) is 22.5 Å². The standard InChI is InChI=1S/C22H23N7/c1-28-8-10-29(11-9-28)17-3-5-19(25-14-17)22-18-4-2-15(12-20(18)26-27-22)16-6-7-24-21(23)13-16/h2-7,12-14H,8-11H2,1H3,(H2,23,24)(H,26,27). The zero-order valence-electron chi connectivity index (χ0n) is 16.3. The number of nitrogens with two attached hydrogens (primary N) is 1. The van der Waals surface area contributed by atoms with Crippen LogP contribution in [0.2, 0.25) is 0 Å². The average Bonchev–Trinajstić information content (AvgIpc) is 3.18. The molecule has 3 N–H and O–H groups in total. The van der Waals surface area contributed by atoms with Gasteiger partial charge in [-0.1, -0.05) is 6.07 Å². The number of nitrogen functional groups attached to an aromatic ring is 1. The van der Waals surface area contributed by atoms with E-state index >= 15 is 0 Å². The minimum atomic E-state index is 0.512. The molecule has 1 aliphatic heterocycles. The fraction of sp³-hybridized carbons (Fsp3) is 0.227. The minimum absolute atomic E-state index is 0.512. The van der Waals surface area contributed by atoms with E-state index in [9.17, 15) is 0 Å². The molecule has 1 saturated heterocycles. The molecule has 7 heteroatoms. The molecule has 29 heavy (non-hydrogen) atoms. The van der Waals surface area contributed by atoms with E-state index in [1.807, 2.05) is 18.3 Å². The number of hydrogen-bond acceptors (Lipinski definition) is 6. The van der Waals surface area contributed by atoms with Crippen molar-refractivity contribution < 1.29 is 0 Å². The van der Waals surface area contributed by atoms with E-state index in [1.165, 1.54) is 5.69 Å². The van der Waals surface area contributed by atoms with Crippen LogP contribution >= 0.6 is 0 Å². The molecule has 1 aromatic carbocycles. The van der Waals surface area contributed by atoms with E-state index < -0.39 is 0 Å². The SMILES string of the molecule is CN1CCN(c2ccc(-c3n[nH]c4cc(-c5ccnc(N)c5)ccc34)nc2)CC1. The van der Waals surface area contributed by atoms with Crippen LogP contribution in [-0.4, -0.2) is 58.3 Å². The van der Waals surface area contributed by atoms with Crippen LogP contribution in [-0.2, 0) is 0 Å². The third kappa shape index (κ3) is 3.40. The molecule has 4 aromatic rings. The van der Waals surface area contributed by atoms with Gasteiger partial charge in [-0.05, 0) is 54.6 Å². The number of piperazine rings is 1. The van der Waals surface area contributed by atoms with Crippen LogP contribution in [0.15, 0.2) is 54.9 Å². The first-order valence-electron chi connectivity index (χ1n) is 9.77. The number of anilines is 2. The number of aromatic nitrogens is 4. The summed E-state index contributed by atoms with van der Waals surface area (Å²) in [6.45, 7) is 4.23. The number of benzene rings is 1. The highest BCUT2D eigenvalue weighted by atomic mass is 15.2. The normalized spacial score (nSPS) is 15.1. The van der Waals surface area contributed by atoms with E-state index in [2.05, 4.69) is 62.4 Å². The fourth-order valence-corrected chi connectivity index (χ4v) is 3.80. The summed E-state index contributed by atoms with van der Waals surface area (Å²) in [4.78, 5) is 13.5. The number of H-pyrrole nitrogens is 1. The molecular formula is C22H23N7. The van der Waals surface area contributed by atoms with E-state index in [1.54, 1.807) is 6.20 Å². The summed E-state index contributed by atoms with van der Waals surface area (Å²) in [5.74, 6) is 0.512. The second-order valence-corrected chi connectivity index (χ2v) is 7.49. The van der Waals surface area contributed by atoms with Gasteiger partial charge in [0.05, 0.1) is 23.1 Å². The number of likely N-dealkylation sites (N-methyl/N-ethyl adjacent to an activating group) is 1. The molecule has 7 nitrogen and oxygen atoms in total. The molecule has 0 radical (unpaired) electrons. The number of nitrogens with one attached hydrogen (secondary N) is 1. The van der Waals surface area contributed by atoms with Crippen LogP contribution in [0.1, 0.15) is 0 Å². The third-order valence-corrected chi connectivity index (χ3v) is 5.54. The van der Waals surface area contributed by atoms with Crippen LogP contribution in [0.25, 0.3) is 33.4 Å². The highest BCUT2D eigenvalue weighted by molar-refractivity contribution is 5.94. The van der Waals surface area contributed by atoms with Crippen molar-refractivity contribution in [1.29, 1.82) is 0 Å². The number of hydrogen-bond donors (Lipinski definition) is 2. The van der Waals surface area contributed by atoms with E-state index in [0.29, 0.717) is 5.82 Å². The Kier molecular flexibility index (Phi) is 4.37. The van der Waals surface area contributed by atoms with Gasteiger partial charge in [0, 0.05) is 37.8 Å². The molecule has 0 amide bonds. The summed E-state index contributed by atoms with van der Waals surface area (Å²) < 4.78 is 0. The second-order valence-electron chi connectivity index (χ2n) is 7.49. The average molecular weight is 385 g/mol. The molecule has 3 aromatic heterocycles. The highest BCUT2D eigenvalue weighted by Crippen LogP contribution is 2.30. The summed E-state index contributed by atoms with van der Waals surface area (Å²) in [6.07, 6.45) is 3.67. The molecule has 1 fully saturated rings. The van der Waals surface area contributed by atoms with Gasteiger partial charge in [0.25, 0.3) is 0 Å². The van der Waals surface area contributed by atoms with Crippen molar-refractivity contribution in [2.24, 2.45) is 0 Å². The molecule has 5 rings (SSSR count). The molecule has 0 aliphatic carbocycles. The number of nitrogens with zero attached hydrogens (tertiary/aromatic N) is 5. The van der Waals surface area contributed by atoms with Gasteiger partial charge in [0.2, 0.25) is 0 Å². The Morgan fingerprint density at radius 2 is 1.76 bits per heavy atom. The topological polar surface area (TPSA) is 87.0 Å². The summed E-state index contributed by atoms with van der Waals surface area (Å²) in [5, 5.41) is 8.72. The minimum Gasteiger partial charge on any atom is -0.384 e. The molecule has 1 aliphatic rings. The maximum Gasteiger partial charge on any atom is 0.123 e. The Balaban J connectivity index is 1.43. The van der Waals surface area contributed by atoms with E-state index in [0.717, 1.165) is 59.6 Å². The Labute approximate surface area is 169 Å². The van der Waals surface area contributed by atoms with Gasteiger partial charge in [0.15, 0.2) is 0 Å². The van der Waals surface area contributed by atoms with Crippen molar-refractivity contribution >= 4 is 22.4 Å². The number of fused-ring (bicyclic) bond motifs is 1. The van der Waals surface area contributed by atoms with Gasteiger partial charge in [-0.15, -0.1) is 0 Å². The summed E-state index contributed by atoms with van der Waals surface area (Å²) >= 11 is 0. The lowest BCUT2D eigenvalue weighted by Gasteiger charge is -2.33. The van der Waals surface area contributed by atoms with E-state index in [4.69, 9.17) is 10.7 Å². The van der Waals surface area contributed by atoms with Gasteiger partial charge in [-0.3, -0.25) is 10.1 Å². The van der Waals surface area contributed by atoms with Gasteiger partial charge in [0.1, 0.15) is 11.5 Å².